The van der Waals surface area contributed by atoms with Crippen molar-refractivity contribution in [3.63, 3.8) is 0 Å². The minimum absolute atomic E-state index is 0.0703. The Morgan fingerprint density at radius 1 is 1.41 bits per heavy atom. The standard InChI is InChI=1S/C14H16N2O5S/c17-13(4-1-9-5-6-22(19,20)8-9)15-10-2-3-11-12(7-10)21-14(18)16-11/h2-3,7,9H,1,4-6,8H2,(H,15,17)(H,16,18). The molecule has 1 aliphatic heterocycles. The summed E-state index contributed by atoms with van der Waals surface area (Å²) in [6.45, 7) is 0. The number of oxazole rings is 1. The quantitative estimate of drug-likeness (QED) is 0.880. The molecule has 0 bridgehead atoms. The number of H-pyrrole nitrogens is 1. The zero-order chi connectivity index (χ0) is 15.7. The summed E-state index contributed by atoms with van der Waals surface area (Å²) in [6.07, 6.45) is 1.47. The summed E-state index contributed by atoms with van der Waals surface area (Å²) in [7, 11) is -2.90. The second-order valence-electron chi connectivity index (χ2n) is 5.58. The number of anilines is 1. The summed E-state index contributed by atoms with van der Waals surface area (Å²) >= 11 is 0. The van der Waals surface area contributed by atoms with E-state index >= 15 is 0 Å². The van der Waals surface area contributed by atoms with E-state index in [0.717, 1.165) is 0 Å². The zero-order valence-electron chi connectivity index (χ0n) is 11.8. The molecule has 1 fully saturated rings. The summed E-state index contributed by atoms with van der Waals surface area (Å²) < 4.78 is 27.7. The number of carbonyl (C=O) groups is 1. The van der Waals surface area contributed by atoms with Crippen molar-refractivity contribution in [1.82, 2.24) is 4.98 Å². The minimum atomic E-state index is -2.90. The molecule has 3 rings (SSSR count). The van der Waals surface area contributed by atoms with Crippen LogP contribution < -0.4 is 11.1 Å². The van der Waals surface area contributed by atoms with E-state index in [1.807, 2.05) is 0 Å². The van der Waals surface area contributed by atoms with Gasteiger partial charge in [0.1, 0.15) is 0 Å². The van der Waals surface area contributed by atoms with Crippen LogP contribution in [0.4, 0.5) is 5.69 Å². The van der Waals surface area contributed by atoms with Crippen molar-refractivity contribution in [3.8, 4) is 0 Å². The normalized spacial score (nSPS) is 20.3. The van der Waals surface area contributed by atoms with E-state index in [-0.39, 0.29) is 29.8 Å². The number of benzene rings is 1. The van der Waals surface area contributed by atoms with Crippen molar-refractivity contribution in [3.05, 3.63) is 28.7 Å². The van der Waals surface area contributed by atoms with Crippen LogP contribution in [0.2, 0.25) is 0 Å². The molecule has 0 radical (unpaired) electrons. The molecule has 1 aromatic heterocycles. The third kappa shape index (κ3) is 3.38. The zero-order valence-corrected chi connectivity index (χ0v) is 12.6. The van der Waals surface area contributed by atoms with E-state index in [9.17, 15) is 18.0 Å². The molecule has 0 spiro atoms. The lowest BCUT2D eigenvalue weighted by Crippen LogP contribution is -2.14. The smallest absolute Gasteiger partial charge is 0.408 e. The maximum atomic E-state index is 11.9. The topological polar surface area (TPSA) is 109 Å². The Balaban J connectivity index is 1.57. The Labute approximate surface area is 126 Å². The van der Waals surface area contributed by atoms with Crippen molar-refractivity contribution in [2.24, 2.45) is 5.92 Å². The molecule has 118 valence electrons. The van der Waals surface area contributed by atoms with Gasteiger partial charge in [-0.2, -0.15) is 0 Å². The fourth-order valence-corrected chi connectivity index (χ4v) is 4.59. The molecule has 2 aromatic rings. The second-order valence-corrected chi connectivity index (χ2v) is 7.81. The average molecular weight is 324 g/mol. The van der Waals surface area contributed by atoms with Gasteiger partial charge in [0.25, 0.3) is 0 Å². The van der Waals surface area contributed by atoms with Gasteiger partial charge in [-0.3, -0.25) is 9.78 Å². The molecule has 22 heavy (non-hydrogen) atoms. The number of fused-ring (bicyclic) bond motifs is 1. The van der Waals surface area contributed by atoms with Crippen molar-refractivity contribution >= 4 is 32.5 Å². The van der Waals surface area contributed by atoms with Gasteiger partial charge in [0, 0.05) is 18.2 Å². The Bertz CT molecular complexity index is 865. The Kier molecular flexibility index (Phi) is 3.78. The molecule has 1 unspecified atom stereocenters. The summed E-state index contributed by atoms with van der Waals surface area (Å²) in [5.74, 6) is -0.244. The average Bonchev–Trinajstić information content (AvgIpc) is 2.97. The van der Waals surface area contributed by atoms with E-state index in [1.165, 1.54) is 0 Å². The molecule has 8 heteroatoms. The molecule has 1 saturated heterocycles. The first-order valence-electron chi connectivity index (χ1n) is 7.04. The first-order chi connectivity index (χ1) is 10.4. The van der Waals surface area contributed by atoms with Crippen LogP contribution in [0, 0.1) is 5.92 Å². The monoisotopic (exact) mass is 324 g/mol. The lowest BCUT2D eigenvalue weighted by molar-refractivity contribution is -0.116. The SMILES string of the molecule is O=C(CCC1CCS(=O)(=O)C1)Nc1ccc2[nH]c(=O)oc2c1. The van der Waals surface area contributed by atoms with Gasteiger partial charge >= 0.3 is 5.76 Å². The Hall–Kier alpha value is -2.09. The van der Waals surface area contributed by atoms with Gasteiger partial charge in [0.15, 0.2) is 15.4 Å². The van der Waals surface area contributed by atoms with Crippen LogP contribution in [0.5, 0.6) is 0 Å². The number of amides is 1. The van der Waals surface area contributed by atoms with Crippen LogP contribution in [-0.2, 0) is 14.6 Å². The van der Waals surface area contributed by atoms with Crippen LogP contribution in [0.1, 0.15) is 19.3 Å². The highest BCUT2D eigenvalue weighted by Crippen LogP contribution is 2.23. The molecule has 1 atom stereocenters. The van der Waals surface area contributed by atoms with Gasteiger partial charge in [0.05, 0.1) is 17.0 Å². The fourth-order valence-electron chi connectivity index (χ4n) is 2.68. The van der Waals surface area contributed by atoms with Gasteiger partial charge in [0.2, 0.25) is 5.91 Å². The molecule has 2 heterocycles. The minimum Gasteiger partial charge on any atom is -0.408 e. The van der Waals surface area contributed by atoms with E-state index in [0.29, 0.717) is 29.6 Å². The van der Waals surface area contributed by atoms with E-state index < -0.39 is 15.6 Å². The van der Waals surface area contributed by atoms with Crippen LogP contribution >= 0.6 is 0 Å². The molecular formula is C14H16N2O5S. The Morgan fingerprint density at radius 2 is 2.23 bits per heavy atom. The second kappa shape index (κ2) is 5.60. The van der Waals surface area contributed by atoms with Gasteiger partial charge in [-0.05, 0) is 30.9 Å². The number of aromatic nitrogens is 1. The maximum Gasteiger partial charge on any atom is 0.417 e. The van der Waals surface area contributed by atoms with E-state index in [2.05, 4.69) is 10.3 Å². The van der Waals surface area contributed by atoms with Crippen molar-refractivity contribution in [2.75, 3.05) is 16.8 Å². The van der Waals surface area contributed by atoms with Gasteiger partial charge in [-0.15, -0.1) is 0 Å². The number of sulfone groups is 1. The predicted molar refractivity (Wildman–Crippen MR) is 81.5 cm³/mol. The molecule has 0 aliphatic carbocycles. The highest BCUT2D eigenvalue weighted by Gasteiger charge is 2.27. The number of hydrogen-bond donors (Lipinski definition) is 2. The molecule has 7 nitrogen and oxygen atoms in total. The third-order valence-electron chi connectivity index (χ3n) is 3.81. The number of rotatable bonds is 4. The highest BCUT2D eigenvalue weighted by molar-refractivity contribution is 7.91. The maximum absolute atomic E-state index is 11.9. The lowest BCUT2D eigenvalue weighted by Gasteiger charge is -2.08. The van der Waals surface area contributed by atoms with Crippen LogP contribution in [-0.4, -0.2) is 30.8 Å². The summed E-state index contributed by atoms with van der Waals surface area (Å²) in [5.41, 5.74) is 1.49. The van der Waals surface area contributed by atoms with Gasteiger partial charge in [-0.1, -0.05) is 0 Å². The van der Waals surface area contributed by atoms with Crippen molar-refractivity contribution in [1.29, 1.82) is 0 Å². The lowest BCUT2D eigenvalue weighted by atomic mass is 10.0. The van der Waals surface area contributed by atoms with E-state index in [4.69, 9.17) is 4.42 Å². The molecule has 1 amide bonds. The first kappa shape index (κ1) is 14.8. The predicted octanol–water partition coefficient (Wildman–Crippen LogP) is 1.27. The largest absolute Gasteiger partial charge is 0.417 e. The molecule has 0 saturated carbocycles. The summed E-state index contributed by atoms with van der Waals surface area (Å²) in [6, 6.07) is 4.90. The van der Waals surface area contributed by atoms with Gasteiger partial charge in [-0.25, -0.2) is 13.2 Å². The van der Waals surface area contributed by atoms with Gasteiger partial charge < -0.3 is 9.73 Å². The molecular weight excluding hydrogens is 308 g/mol. The third-order valence-corrected chi connectivity index (χ3v) is 5.65. The van der Waals surface area contributed by atoms with E-state index in [1.54, 1.807) is 18.2 Å². The van der Waals surface area contributed by atoms with Crippen molar-refractivity contribution in [2.45, 2.75) is 19.3 Å². The summed E-state index contributed by atoms with van der Waals surface area (Å²) in [5, 5.41) is 2.72. The number of nitrogens with one attached hydrogen (secondary N) is 2. The molecule has 1 aromatic carbocycles. The summed E-state index contributed by atoms with van der Waals surface area (Å²) in [4.78, 5) is 25.5. The van der Waals surface area contributed by atoms with Crippen LogP contribution in [0.3, 0.4) is 0 Å². The number of hydrogen-bond acceptors (Lipinski definition) is 5. The molecule has 1 aliphatic rings. The number of aromatic amines is 1. The first-order valence-corrected chi connectivity index (χ1v) is 8.86. The highest BCUT2D eigenvalue weighted by atomic mass is 32.2. The number of carbonyl (C=O) groups excluding carboxylic acids is 1. The van der Waals surface area contributed by atoms with Crippen LogP contribution in [0.25, 0.3) is 11.1 Å². The fraction of sp³-hybridized carbons (Fsp3) is 0.429. The molecule has 2 N–H and O–H groups in total. The Morgan fingerprint density at radius 3 is 2.95 bits per heavy atom. The van der Waals surface area contributed by atoms with Crippen molar-refractivity contribution < 1.29 is 17.6 Å². The van der Waals surface area contributed by atoms with Crippen LogP contribution in [0.15, 0.2) is 27.4 Å².